The average molecular weight is 674 g/mol. The van der Waals surface area contributed by atoms with E-state index in [2.05, 4.69) is 15.8 Å². The first-order valence-corrected chi connectivity index (χ1v) is 16.1. The van der Waals surface area contributed by atoms with Gasteiger partial charge >= 0.3 is 5.97 Å². The molecule has 0 saturated carbocycles. The molecule has 0 spiro atoms. The number of Topliss-reactive ketones (excluding diaryl/α,β-unsaturated/α-hetero) is 1. The van der Waals surface area contributed by atoms with Gasteiger partial charge in [0.25, 0.3) is 0 Å². The van der Waals surface area contributed by atoms with Crippen LogP contribution in [0.4, 0.5) is 0 Å². The lowest BCUT2D eigenvalue weighted by Crippen LogP contribution is -2.65. The second-order valence-electron chi connectivity index (χ2n) is 10.9. The summed E-state index contributed by atoms with van der Waals surface area (Å²) >= 11 is 0. The van der Waals surface area contributed by atoms with Crippen LogP contribution < -0.4 is 20.1 Å². The van der Waals surface area contributed by atoms with Crippen LogP contribution in [0.2, 0.25) is 0 Å². The van der Waals surface area contributed by atoms with E-state index in [9.17, 15) is 39.4 Å². The smallest absolute Gasteiger partial charge is 0.311 e. The Bertz CT molecular complexity index is 1320. The van der Waals surface area contributed by atoms with Crippen LogP contribution in [0.1, 0.15) is 64.0 Å². The second kappa shape index (κ2) is 20.9. The molecule has 1 fully saturated rings. The van der Waals surface area contributed by atoms with Crippen molar-refractivity contribution in [3.63, 3.8) is 0 Å². The zero-order valence-electron chi connectivity index (χ0n) is 27.8. The predicted molar refractivity (Wildman–Crippen MR) is 175 cm³/mol. The molecule has 2 aromatic rings. The maximum Gasteiger partial charge on any atom is 0.311 e. The number of aryl methyl sites for hydroxylation is 1. The number of carbonyl (C=O) groups excluding carboxylic acids is 4. The lowest BCUT2D eigenvalue weighted by molar-refractivity contribution is -0.227. The minimum absolute atomic E-state index is 0.0296. The number of aliphatic hydroxyl groups is 3. The Morgan fingerprint density at radius 3 is 2.15 bits per heavy atom. The summed E-state index contributed by atoms with van der Waals surface area (Å²) in [5, 5.41) is 38.1. The lowest BCUT2D eigenvalue weighted by Gasteiger charge is -2.40. The molecule has 6 atom stereocenters. The van der Waals surface area contributed by atoms with Crippen LogP contribution in [-0.2, 0) is 36.8 Å². The summed E-state index contributed by atoms with van der Waals surface area (Å²) in [6.45, 7) is 5.07. The number of rotatable bonds is 17. The molecule has 2 aromatic carbocycles. The quantitative estimate of drug-likeness (QED) is 0.0933. The van der Waals surface area contributed by atoms with Crippen LogP contribution in [0.3, 0.4) is 0 Å². The van der Waals surface area contributed by atoms with Gasteiger partial charge in [-0.2, -0.15) is 4.91 Å². The first kappa shape index (κ1) is 39.9. The van der Waals surface area contributed by atoms with E-state index in [0.29, 0.717) is 37.0 Å². The van der Waals surface area contributed by atoms with Gasteiger partial charge in [0.05, 0.1) is 13.7 Å². The molecule has 0 radical (unpaired) electrons. The van der Waals surface area contributed by atoms with E-state index in [4.69, 9.17) is 14.2 Å². The number of amides is 2. The van der Waals surface area contributed by atoms with Gasteiger partial charge in [-0.05, 0) is 48.2 Å². The van der Waals surface area contributed by atoms with Gasteiger partial charge in [-0.1, -0.05) is 50.2 Å². The zero-order valence-corrected chi connectivity index (χ0v) is 27.8. The Labute approximate surface area is 280 Å². The van der Waals surface area contributed by atoms with Crippen molar-refractivity contribution in [3.05, 3.63) is 64.6 Å². The van der Waals surface area contributed by atoms with E-state index in [1.807, 2.05) is 26.0 Å². The summed E-state index contributed by atoms with van der Waals surface area (Å²) in [5.41, 5.74) is 1.45. The summed E-state index contributed by atoms with van der Waals surface area (Å²) < 4.78 is 15.6. The number of nitrogens with one attached hydrogen (secondary N) is 2. The number of benzene rings is 2. The van der Waals surface area contributed by atoms with Crippen LogP contribution >= 0.6 is 0 Å². The fraction of sp³-hybridized carbons (Fsp3) is 0.529. The molecule has 0 bridgehead atoms. The molecule has 3 rings (SSSR count). The highest BCUT2D eigenvalue weighted by Gasteiger charge is 2.47. The van der Waals surface area contributed by atoms with E-state index in [1.54, 1.807) is 38.3 Å². The van der Waals surface area contributed by atoms with E-state index in [0.717, 1.165) is 5.56 Å². The van der Waals surface area contributed by atoms with Gasteiger partial charge in [0, 0.05) is 32.1 Å². The summed E-state index contributed by atoms with van der Waals surface area (Å²) in [4.78, 5) is 61.6. The third-order valence-corrected chi connectivity index (χ3v) is 7.61. The molecular weight excluding hydrogens is 626 g/mol. The van der Waals surface area contributed by atoms with E-state index >= 15 is 0 Å². The number of nitrogens with zero attached hydrogens (tertiary/aromatic N) is 1. The fourth-order valence-corrected chi connectivity index (χ4v) is 4.89. The maximum absolute atomic E-state index is 13.5. The van der Waals surface area contributed by atoms with Gasteiger partial charge in [-0.15, -0.1) is 0 Å². The van der Waals surface area contributed by atoms with Gasteiger partial charge in [0.2, 0.25) is 11.8 Å². The first-order chi connectivity index (χ1) is 23.1. The molecule has 0 aromatic heterocycles. The van der Waals surface area contributed by atoms with Crippen LogP contribution in [-0.4, -0.2) is 89.2 Å². The number of hydrogen-bond acceptors (Lipinski definition) is 12. The molecule has 14 nitrogen and oxygen atoms in total. The minimum Gasteiger partial charge on any atom is -0.497 e. The van der Waals surface area contributed by atoms with Crippen molar-refractivity contribution < 1.29 is 48.7 Å². The number of nitroso groups, excluding NO2 is 1. The third-order valence-electron chi connectivity index (χ3n) is 7.61. The summed E-state index contributed by atoms with van der Waals surface area (Å²) in [6, 6.07) is 9.25. The van der Waals surface area contributed by atoms with Crippen LogP contribution in [0, 0.1) is 4.91 Å². The van der Waals surface area contributed by atoms with Gasteiger partial charge in [0.15, 0.2) is 6.29 Å². The van der Waals surface area contributed by atoms with Crippen molar-refractivity contribution >= 4 is 23.6 Å². The summed E-state index contributed by atoms with van der Waals surface area (Å²) in [5.74, 6) is -0.732. The van der Waals surface area contributed by atoms with Crippen molar-refractivity contribution in [1.82, 2.24) is 10.6 Å². The highest BCUT2D eigenvalue weighted by atomic mass is 16.6. The SMILES string of the molecule is CC.CCC(=O)CCCC(=O)Oc1ccc(CC(NC(=O)CCc2ccc(OC)cc2)C(=O)NC2C(O)OC(CO)C(O)C2N=O)cc1. The molecule has 14 heteroatoms. The van der Waals surface area contributed by atoms with Crippen molar-refractivity contribution in [2.75, 3.05) is 13.7 Å². The Morgan fingerprint density at radius 1 is 0.938 bits per heavy atom. The van der Waals surface area contributed by atoms with Crippen molar-refractivity contribution in [2.45, 2.75) is 102 Å². The summed E-state index contributed by atoms with van der Waals surface area (Å²) in [6.07, 6.45) is -3.09. The van der Waals surface area contributed by atoms with E-state index in [-0.39, 0.29) is 30.8 Å². The van der Waals surface area contributed by atoms with Gasteiger partial charge < -0.3 is 40.2 Å². The normalized spacial score (nSPS) is 20.7. The van der Waals surface area contributed by atoms with Gasteiger partial charge in [-0.25, -0.2) is 0 Å². The molecule has 1 aliphatic heterocycles. The number of aliphatic hydroxyl groups excluding tert-OH is 3. The third kappa shape index (κ3) is 12.4. The largest absolute Gasteiger partial charge is 0.497 e. The predicted octanol–water partition coefficient (Wildman–Crippen LogP) is 2.13. The molecule has 2 amide bonds. The molecule has 6 unspecified atom stereocenters. The standard InChI is InChI=1S/C32H41N3O11.C2H6/c1-3-21(37)5-4-6-27(39)45-23-14-9-20(10-15-23)17-24(33-26(38)16-11-19-7-12-22(44-2)13-8-19)31(41)34-29-28(35-43)30(40)25(18-36)46-32(29)42;1-2/h7-10,12-15,24-25,28-30,32,36,40,42H,3-6,11,16-18H2,1-2H3,(H,33,38)(H,34,41);1-2H3. The van der Waals surface area contributed by atoms with Crippen molar-refractivity contribution in [2.24, 2.45) is 5.18 Å². The number of ketones is 1. The maximum atomic E-state index is 13.5. The Hall–Kier alpha value is -4.24. The van der Waals surface area contributed by atoms with Crippen molar-refractivity contribution in [3.8, 4) is 11.5 Å². The van der Waals surface area contributed by atoms with E-state index in [1.165, 1.54) is 12.1 Å². The topological polar surface area (TPSA) is 210 Å². The number of carbonyl (C=O) groups is 4. The fourth-order valence-electron chi connectivity index (χ4n) is 4.89. The molecular formula is C34H47N3O11. The highest BCUT2D eigenvalue weighted by molar-refractivity contribution is 5.88. The molecule has 5 N–H and O–H groups in total. The second-order valence-corrected chi connectivity index (χ2v) is 10.9. The molecule has 0 aliphatic carbocycles. The minimum atomic E-state index is -1.77. The van der Waals surface area contributed by atoms with Crippen molar-refractivity contribution in [1.29, 1.82) is 0 Å². The van der Waals surface area contributed by atoms with Gasteiger partial charge in [-0.3, -0.25) is 19.2 Å². The number of methoxy groups -OCH3 is 1. The van der Waals surface area contributed by atoms with Crippen LogP contribution in [0.5, 0.6) is 11.5 Å². The molecule has 1 aliphatic rings. The Morgan fingerprint density at radius 2 is 1.56 bits per heavy atom. The van der Waals surface area contributed by atoms with Gasteiger partial charge in [0.1, 0.15) is 47.6 Å². The van der Waals surface area contributed by atoms with Crippen LogP contribution in [0.25, 0.3) is 0 Å². The lowest BCUT2D eigenvalue weighted by atomic mass is 9.94. The van der Waals surface area contributed by atoms with Crippen LogP contribution in [0.15, 0.2) is 53.7 Å². The highest BCUT2D eigenvalue weighted by Crippen LogP contribution is 2.23. The molecule has 48 heavy (non-hydrogen) atoms. The average Bonchev–Trinajstić information content (AvgIpc) is 3.10. The zero-order chi connectivity index (χ0) is 35.6. The number of ether oxygens (including phenoxy) is 3. The molecule has 1 heterocycles. The molecule has 1 saturated heterocycles. The first-order valence-electron chi connectivity index (χ1n) is 16.1. The van der Waals surface area contributed by atoms with E-state index < -0.39 is 61.0 Å². The Balaban J connectivity index is 0.00000392. The number of esters is 1. The Kier molecular flexibility index (Phi) is 17.4. The summed E-state index contributed by atoms with van der Waals surface area (Å²) in [7, 11) is 1.55. The number of hydrogen-bond donors (Lipinski definition) is 5. The monoisotopic (exact) mass is 673 g/mol. The molecule has 264 valence electrons.